The number of rotatable bonds is 8. The lowest BCUT2D eigenvalue weighted by Crippen LogP contribution is -2.34. The fourth-order valence-electron chi connectivity index (χ4n) is 2.91. The molecule has 0 aliphatic rings. The molecule has 0 saturated carbocycles. The number of halogens is 1. The summed E-state index contributed by atoms with van der Waals surface area (Å²) in [4.78, 5) is 27.1. The molecule has 30 heavy (non-hydrogen) atoms. The molecule has 160 valence electrons. The van der Waals surface area contributed by atoms with Crippen LogP contribution in [0.2, 0.25) is 0 Å². The van der Waals surface area contributed by atoms with E-state index in [-0.39, 0.29) is 16.9 Å². The van der Waals surface area contributed by atoms with Crippen LogP contribution in [0.5, 0.6) is 5.75 Å². The number of carbonyl (C=O) groups excluding carboxylic acids is 2. The van der Waals surface area contributed by atoms with E-state index in [4.69, 9.17) is 17.0 Å². The maximum atomic E-state index is 12.8. The van der Waals surface area contributed by atoms with Crippen molar-refractivity contribution >= 4 is 57.4 Å². The van der Waals surface area contributed by atoms with Gasteiger partial charge in [0.15, 0.2) is 5.11 Å². The van der Waals surface area contributed by atoms with Crippen molar-refractivity contribution in [3.8, 4) is 5.75 Å². The van der Waals surface area contributed by atoms with Gasteiger partial charge in [-0.15, -0.1) is 0 Å². The van der Waals surface area contributed by atoms with E-state index < -0.39 is 0 Å². The number of nitrogens with one attached hydrogen (secondary N) is 2. The number of methoxy groups -OCH3 is 1. The van der Waals surface area contributed by atoms with Gasteiger partial charge in [-0.25, -0.2) is 0 Å². The Hall–Kier alpha value is -2.20. The maximum absolute atomic E-state index is 12.8. The van der Waals surface area contributed by atoms with Gasteiger partial charge in [0.25, 0.3) is 11.8 Å². The lowest BCUT2D eigenvalue weighted by atomic mass is 10.1. The molecule has 2 aromatic rings. The van der Waals surface area contributed by atoms with Crippen molar-refractivity contribution in [2.75, 3.05) is 25.5 Å². The Morgan fingerprint density at radius 2 is 1.77 bits per heavy atom. The predicted molar refractivity (Wildman–Crippen MR) is 132 cm³/mol. The molecule has 0 bridgehead atoms. The number of thiocarbonyl (C=S) groups is 1. The van der Waals surface area contributed by atoms with Gasteiger partial charge in [0.05, 0.1) is 10.7 Å². The molecule has 2 amide bonds. The molecule has 0 saturated heterocycles. The van der Waals surface area contributed by atoms with Crippen molar-refractivity contribution < 1.29 is 14.3 Å². The van der Waals surface area contributed by atoms with Gasteiger partial charge in [-0.3, -0.25) is 14.9 Å². The average molecular weight is 539 g/mol. The van der Waals surface area contributed by atoms with E-state index in [1.807, 2.05) is 4.90 Å². The smallest absolute Gasteiger partial charge is 0.257 e. The normalized spacial score (nSPS) is 10.3. The minimum absolute atomic E-state index is 0.00916. The highest BCUT2D eigenvalue weighted by molar-refractivity contribution is 14.1. The molecule has 0 fully saturated rings. The van der Waals surface area contributed by atoms with Gasteiger partial charge in [-0.1, -0.05) is 19.9 Å². The predicted octanol–water partition coefficient (Wildman–Crippen LogP) is 4.69. The third-order valence-corrected chi connectivity index (χ3v) is 5.33. The summed E-state index contributed by atoms with van der Waals surface area (Å²) in [5.74, 6) is 0.372. The minimum Gasteiger partial charge on any atom is -0.496 e. The van der Waals surface area contributed by atoms with Crippen molar-refractivity contribution in [2.24, 2.45) is 0 Å². The van der Waals surface area contributed by atoms with Gasteiger partial charge < -0.3 is 15.0 Å². The fraction of sp³-hybridized carbons (Fsp3) is 0.318. The van der Waals surface area contributed by atoms with Crippen molar-refractivity contribution in [1.29, 1.82) is 0 Å². The van der Waals surface area contributed by atoms with Crippen molar-refractivity contribution in [1.82, 2.24) is 10.2 Å². The monoisotopic (exact) mass is 539 g/mol. The standard InChI is InChI=1S/C22H26IN3O3S/c1-4-11-26(12-5-2)21(28)16-7-6-8-17(13-16)24-22(30)25-20(27)15-9-10-19(29-3)18(23)14-15/h6-10,13-14H,4-5,11-12H2,1-3H3,(H2,24,25,27,30). The highest BCUT2D eigenvalue weighted by Gasteiger charge is 2.15. The fourth-order valence-corrected chi connectivity index (χ4v) is 3.86. The summed E-state index contributed by atoms with van der Waals surface area (Å²) in [5, 5.41) is 5.80. The lowest BCUT2D eigenvalue weighted by Gasteiger charge is -2.21. The molecule has 2 rings (SSSR count). The van der Waals surface area contributed by atoms with E-state index in [2.05, 4.69) is 47.1 Å². The molecule has 8 heteroatoms. The van der Waals surface area contributed by atoms with E-state index in [9.17, 15) is 9.59 Å². The van der Waals surface area contributed by atoms with E-state index in [0.717, 1.165) is 29.5 Å². The second-order valence-corrected chi connectivity index (χ2v) is 8.20. The largest absolute Gasteiger partial charge is 0.496 e. The topological polar surface area (TPSA) is 70.7 Å². The van der Waals surface area contributed by atoms with Crippen LogP contribution in [0.25, 0.3) is 0 Å². The van der Waals surface area contributed by atoms with Crippen LogP contribution in [0.3, 0.4) is 0 Å². The van der Waals surface area contributed by atoms with Crippen LogP contribution in [0, 0.1) is 3.57 Å². The molecular formula is C22H26IN3O3S. The highest BCUT2D eigenvalue weighted by Crippen LogP contribution is 2.21. The Morgan fingerprint density at radius 1 is 1.07 bits per heavy atom. The Labute approximate surface area is 196 Å². The number of benzene rings is 2. The molecule has 0 aliphatic heterocycles. The van der Waals surface area contributed by atoms with Gasteiger partial charge >= 0.3 is 0 Å². The highest BCUT2D eigenvalue weighted by atomic mass is 127. The zero-order valence-corrected chi connectivity index (χ0v) is 20.3. The Bertz CT molecular complexity index is 914. The van der Waals surface area contributed by atoms with Gasteiger partial charge in [-0.05, 0) is 84.0 Å². The first-order valence-corrected chi connectivity index (χ1v) is 11.2. The van der Waals surface area contributed by atoms with Crippen LogP contribution in [0.1, 0.15) is 47.4 Å². The Morgan fingerprint density at radius 3 is 2.37 bits per heavy atom. The second-order valence-electron chi connectivity index (χ2n) is 6.63. The third-order valence-electron chi connectivity index (χ3n) is 4.28. The summed E-state index contributed by atoms with van der Waals surface area (Å²) in [7, 11) is 1.58. The first kappa shape index (κ1) is 24.1. The van der Waals surface area contributed by atoms with Crippen molar-refractivity contribution in [2.45, 2.75) is 26.7 Å². The first-order valence-electron chi connectivity index (χ1n) is 9.74. The molecule has 0 radical (unpaired) electrons. The molecule has 0 unspecified atom stereocenters. The van der Waals surface area contributed by atoms with Crippen molar-refractivity contribution in [3.05, 3.63) is 57.2 Å². The number of anilines is 1. The zero-order valence-electron chi connectivity index (χ0n) is 17.3. The number of carbonyl (C=O) groups is 2. The molecule has 2 aromatic carbocycles. The number of hydrogen-bond acceptors (Lipinski definition) is 4. The van der Waals surface area contributed by atoms with E-state index in [0.29, 0.717) is 22.6 Å². The number of hydrogen-bond donors (Lipinski definition) is 2. The van der Waals surface area contributed by atoms with Crippen LogP contribution in [0.4, 0.5) is 5.69 Å². The molecule has 0 heterocycles. The van der Waals surface area contributed by atoms with E-state index in [1.165, 1.54) is 0 Å². The van der Waals surface area contributed by atoms with Crippen molar-refractivity contribution in [3.63, 3.8) is 0 Å². The number of nitrogens with zero attached hydrogens (tertiary/aromatic N) is 1. The third kappa shape index (κ3) is 6.66. The SMILES string of the molecule is CCCN(CCC)C(=O)c1cccc(NC(=S)NC(=O)c2ccc(OC)c(I)c2)c1. The quantitative estimate of drug-likeness (QED) is 0.377. The van der Waals surface area contributed by atoms with Crippen LogP contribution in [-0.4, -0.2) is 42.0 Å². The summed E-state index contributed by atoms with van der Waals surface area (Å²) in [6, 6.07) is 12.3. The summed E-state index contributed by atoms with van der Waals surface area (Å²) in [5.41, 5.74) is 1.70. The zero-order chi connectivity index (χ0) is 22.1. The summed E-state index contributed by atoms with van der Waals surface area (Å²) < 4.78 is 6.04. The van der Waals surface area contributed by atoms with Crippen LogP contribution < -0.4 is 15.4 Å². The molecule has 0 aromatic heterocycles. The maximum Gasteiger partial charge on any atom is 0.257 e. The van der Waals surface area contributed by atoms with Gasteiger partial charge in [0.1, 0.15) is 5.75 Å². The number of ether oxygens (including phenoxy) is 1. The summed E-state index contributed by atoms with van der Waals surface area (Å²) in [6.45, 7) is 5.55. The Kier molecular flexibility index (Phi) is 9.51. The lowest BCUT2D eigenvalue weighted by molar-refractivity contribution is 0.0755. The minimum atomic E-state index is -0.322. The molecule has 6 nitrogen and oxygen atoms in total. The molecule has 0 atom stereocenters. The molecular weight excluding hydrogens is 513 g/mol. The summed E-state index contributed by atoms with van der Waals surface area (Å²) in [6.07, 6.45) is 1.81. The van der Waals surface area contributed by atoms with E-state index in [1.54, 1.807) is 49.6 Å². The van der Waals surface area contributed by atoms with Gasteiger partial charge in [0, 0.05) is 29.9 Å². The van der Waals surface area contributed by atoms with Gasteiger partial charge in [0.2, 0.25) is 0 Å². The van der Waals surface area contributed by atoms with Crippen LogP contribution >= 0.6 is 34.8 Å². The molecule has 2 N–H and O–H groups in total. The average Bonchev–Trinajstić information content (AvgIpc) is 2.73. The molecule has 0 spiro atoms. The van der Waals surface area contributed by atoms with Crippen LogP contribution in [-0.2, 0) is 0 Å². The van der Waals surface area contributed by atoms with E-state index >= 15 is 0 Å². The molecule has 0 aliphatic carbocycles. The van der Waals surface area contributed by atoms with Crippen LogP contribution in [0.15, 0.2) is 42.5 Å². The number of amides is 2. The van der Waals surface area contributed by atoms with Gasteiger partial charge in [-0.2, -0.15) is 0 Å². The Balaban J connectivity index is 2.05. The summed E-state index contributed by atoms with van der Waals surface area (Å²) >= 11 is 7.38. The second kappa shape index (κ2) is 11.8. The first-order chi connectivity index (χ1) is 14.4.